The highest BCUT2D eigenvalue weighted by atomic mass is 16.5. The van der Waals surface area contributed by atoms with Gasteiger partial charge < -0.3 is 14.6 Å². The zero-order chi connectivity index (χ0) is 11.8. The second-order valence-electron chi connectivity index (χ2n) is 3.70. The molecule has 0 saturated heterocycles. The number of aromatic nitrogens is 1. The molecule has 1 aromatic rings. The molecule has 0 unspecified atom stereocenters. The lowest BCUT2D eigenvalue weighted by Gasteiger charge is -2.08. The Morgan fingerprint density at radius 1 is 1.56 bits per heavy atom. The van der Waals surface area contributed by atoms with Crippen molar-refractivity contribution in [1.29, 1.82) is 0 Å². The van der Waals surface area contributed by atoms with E-state index in [-0.39, 0.29) is 5.97 Å². The summed E-state index contributed by atoms with van der Waals surface area (Å²) in [4.78, 5) is 10.9. The van der Waals surface area contributed by atoms with Gasteiger partial charge in [0.15, 0.2) is 0 Å². The van der Waals surface area contributed by atoms with Gasteiger partial charge in [-0.05, 0) is 18.6 Å². The predicted octanol–water partition coefficient (Wildman–Crippen LogP) is 1.55. The second-order valence-corrected chi connectivity index (χ2v) is 3.70. The summed E-state index contributed by atoms with van der Waals surface area (Å²) < 4.78 is 6.79. The number of aryl methyl sites for hydroxylation is 1. The Hall–Kier alpha value is -1.29. The third kappa shape index (κ3) is 4.06. The molecular formula is C12H20N2O2. The quantitative estimate of drug-likeness (QED) is 0.564. The topological polar surface area (TPSA) is 43.3 Å². The van der Waals surface area contributed by atoms with Gasteiger partial charge in [0.05, 0.1) is 13.5 Å². The van der Waals surface area contributed by atoms with Gasteiger partial charge in [-0.1, -0.05) is 6.92 Å². The molecule has 4 nitrogen and oxygen atoms in total. The summed E-state index contributed by atoms with van der Waals surface area (Å²) in [6.45, 7) is 4.66. The van der Waals surface area contributed by atoms with Crippen LogP contribution in [0.5, 0.6) is 0 Å². The molecule has 1 aromatic heterocycles. The monoisotopic (exact) mass is 224 g/mol. The van der Waals surface area contributed by atoms with Crippen LogP contribution in [-0.4, -0.2) is 24.2 Å². The zero-order valence-corrected chi connectivity index (χ0v) is 10.0. The van der Waals surface area contributed by atoms with Crippen LogP contribution in [0.3, 0.4) is 0 Å². The molecule has 0 radical (unpaired) electrons. The van der Waals surface area contributed by atoms with Gasteiger partial charge in [-0.25, -0.2) is 0 Å². The van der Waals surface area contributed by atoms with Gasteiger partial charge in [0.2, 0.25) is 0 Å². The fourth-order valence-corrected chi connectivity index (χ4v) is 1.58. The van der Waals surface area contributed by atoms with E-state index in [0.29, 0.717) is 13.0 Å². The van der Waals surface area contributed by atoms with Crippen molar-refractivity contribution in [3.05, 3.63) is 24.0 Å². The lowest BCUT2D eigenvalue weighted by Crippen LogP contribution is -2.20. The molecule has 0 amide bonds. The number of hydrogen-bond donors (Lipinski definition) is 1. The van der Waals surface area contributed by atoms with Crippen molar-refractivity contribution in [3.63, 3.8) is 0 Å². The Kier molecular flexibility index (Phi) is 5.64. The Morgan fingerprint density at radius 3 is 3.06 bits per heavy atom. The predicted molar refractivity (Wildman–Crippen MR) is 63.1 cm³/mol. The van der Waals surface area contributed by atoms with Crippen LogP contribution in [0.15, 0.2) is 18.3 Å². The smallest absolute Gasteiger partial charge is 0.306 e. The average molecular weight is 224 g/mol. The lowest BCUT2D eigenvalue weighted by molar-refractivity contribution is -0.140. The maximum absolute atomic E-state index is 10.9. The maximum Gasteiger partial charge on any atom is 0.306 e. The number of carbonyl (C=O) groups excluding carboxylic acids is 1. The third-order valence-corrected chi connectivity index (χ3v) is 2.43. The fraction of sp³-hybridized carbons (Fsp3) is 0.583. The molecule has 1 rings (SSSR count). The highest BCUT2D eigenvalue weighted by molar-refractivity contribution is 5.69. The van der Waals surface area contributed by atoms with Crippen molar-refractivity contribution in [2.75, 3.05) is 13.7 Å². The first kappa shape index (κ1) is 12.8. The largest absolute Gasteiger partial charge is 0.469 e. The number of nitrogens with zero attached hydrogens (tertiary/aromatic N) is 1. The van der Waals surface area contributed by atoms with Crippen LogP contribution < -0.4 is 5.32 Å². The Labute approximate surface area is 96.6 Å². The summed E-state index contributed by atoms with van der Waals surface area (Å²) in [7, 11) is 1.41. The number of hydrogen-bond acceptors (Lipinski definition) is 3. The molecule has 90 valence electrons. The standard InChI is InChI=1S/C12H20N2O2/c1-3-8-14-9-4-5-11(14)10-13-7-6-12(15)16-2/h4-5,9,13H,3,6-8,10H2,1-2H3. The minimum Gasteiger partial charge on any atom is -0.469 e. The van der Waals surface area contributed by atoms with Gasteiger partial charge >= 0.3 is 5.97 Å². The molecule has 1 heterocycles. The number of methoxy groups -OCH3 is 1. The van der Waals surface area contributed by atoms with Crippen LogP contribution in [0, 0.1) is 0 Å². The van der Waals surface area contributed by atoms with Gasteiger partial charge in [-0.3, -0.25) is 4.79 Å². The Bertz CT molecular complexity index is 321. The van der Waals surface area contributed by atoms with Crippen molar-refractivity contribution >= 4 is 5.97 Å². The number of rotatable bonds is 7. The van der Waals surface area contributed by atoms with E-state index in [4.69, 9.17) is 0 Å². The van der Waals surface area contributed by atoms with Crippen molar-refractivity contribution < 1.29 is 9.53 Å². The first-order valence-corrected chi connectivity index (χ1v) is 5.69. The van der Waals surface area contributed by atoms with E-state index in [0.717, 1.165) is 19.5 Å². The molecule has 0 fully saturated rings. The van der Waals surface area contributed by atoms with E-state index >= 15 is 0 Å². The molecule has 0 aliphatic rings. The molecule has 4 heteroatoms. The summed E-state index contributed by atoms with van der Waals surface area (Å²) in [5, 5.41) is 3.23. The zero-order valence-electron chi connectivity index (χ0n) is 10.0. The van der Waals surface area contributed by atoms with Gasteiger partial charge in [0.1, 0.15) is 0 Å². The SMILES string of the molecule is CCCn1cccc1CNCCC(=O)OC. The molecule has 0 atom stereocenters. The minimum absolute atomic E-state index is 0.170. The van der Waals surface area contributed by atoms with Gasteiger partial charge in [0, 0.05) is 31.5 Å². The lowest BCUT2D eigenvalue weighted by atomic mass is 10.3. The van der Waals surface area contributed by atoms with Crippen molar-refractivity contribution in [3.8, 4) is 0 Å². The second kappa shape index (κ2) is 7.06. The molecule has 0 saturated carbocycles. The molecule has 0 aliphatic carbocycles. The third-order valence-electron chi connectivity index (χ3n) is 2.43. The number of esters is 1. The molecular weight excluding hydrogens is 204 g/mol. The maximum atomic E-state index is 10.9. The van der Waals surface area contributed by atoms with Crippen LogP contribution >= 0.6 is 0 Å². The van der Waals surface area contributed by atoms with Crippen LogP contribution in [0.2, 0.25) is 0 Å². The van der Waals surface area contributed by atoms with Crippen LogP contribution in [0.1, 0.15) is 25.5 Å². The average Bonchev–Trinajstić information content (AvgIpc) is 2.72. The molecule has 0 spiro atoms. The highest BCUT2D eigenvalue weighted by Gasteiger charge is 2.01. The number of carbonyl (C=O) groups is 1. The Morgan fingerprint density at radius 2 is 2.38 bits per heavy atom. The first-order chi connectivity index (χ1) is 7.77. The van der Waals surface area contributed by atoms with Crippen LogP contribution in [-0.2, 0) is 22.6 Å². The van der Waals surface area contributed by atoms with Crippen molar-refractivity contribution in [2.24, 2.45) is 0 Å². The summed E-state index contributed by atoms with van der Waals surface area (Å²) in [5.74, 6) is -0.170. The first-order valence-electron chi connectivity index (χ1n) is 5.69. The van der Waals surface area contributed by atoms with E-state index in [2.05, 4.69) is 33.8 Å². The van der Waals surface area contributed by atoms with Crippen molar-refractivity contribution in [1.82, 2.24) is 9.88 Å². The number of nitrogens with one attached hydrogen (secondary N) is 1. The van der Waals surface area contributed by atoms with E-state index < -0.39 is 0 Å². The van der Waals surface area contributed by atoms with E-state index in [1.54, 1.807) is 0 Å². The highest BCUT2D eigenvalue weighted by Crippen LogP contribution is 2.03. The summed E-state index contributed by atoms with van der Waals surface area (Å²) in [5.41, 5.74) is 1.26. The minimum atomic E-state index is -0.170. The van der Waals surface area contributed by atoms with Crippen LogP contribution in [0.4, 0.5) is 0 Å². The van der Waals surface area contributed by atoms with E-state index in [1.165, 1.54) is 12.8 Å². The number of ether oxygens (including phenoxy) is 1. The molecule has 0 bridgehead atoms. The van der Waals surface area contributed by atoms with E-state index in [1.807, 2.05) is 6.07 Å². The van der Waals surface area contributed by atoms with Crippen molar-refractivity contribution in [2.45, 2.75) is 32.9 Å². The summed E-state index contributed by atoms with van der Waals surface area (Å²) in [6.07, 6.45) is 3.63. The molecule has 0 aliphatic heterocycles. The Balaban J connectivity index is 2.26. The summed E-state index contributed by atoms with van der Waals surface area (Å²) in [6, 6.07) is 4.15. The molecule has 0 aromatic carbocycles. The molecule has 16 heavy (non-hydrogen) atoms. The van der Waals surface area contributed by atoms with Gasteiger partial charge in [0.25, 0.3) is 0 Å². The molecule has 1 N–H and O–H groups in total. The summed E-state index contributed by atoms with van der Waals surface area (Å²) >= 11 is 0. The van der Waals surface area contributed by atoms with E-state index in [9.17, 15) is 4.79 Å². The van der Waals surface area contributed by atoms with Gasteiger partial charge in [-0.15, -0.1) is 0 Å². The fourth-order valence-electron chi connectivity index (χ4n) is 1.58. The van der Waals surface area contributed by atoms with Gasteiger partial charge in [-0.2, -0.15) is 0 Å². The van der Waals surface area contributed by atoms with Crippen LogP contribution in [0.25, 0.3) is 0 Å². The normalized spacial score (nSPS) is 10.4.